The van der Waals surface area contributed by atoms with Crippen LogP contribution in [0.2, 0.25) is 0 Å². The van der Waals surface area contributed by atoms with E-state index in [0.717, 1.165) is 16.7 Å². The Hall–Kier alpha value is -2.87. The zero-order valence-corrected chi connectivity index (χ0v) is 13.1. The van der Waals surface area contributed by atoms with Crippen LogP contribution >= 0.6 is 0 Å². The molecule has 0 unspecified atom stereocenters. The van der Waals surface area contributed by atoms with Crippen LogP contribution in [0.3, 0.4) is 0 Å². The lowest BCUT2D eigenvalue weighted by Gasteiger charge is -2.20. The summed E-state index contributed by atoms with van der Waals surface area (Å²) >= 11 is 0. The third kappa shape index (κ3) is 3.67. The molecule has 0 spiro atoms. The zero-order chi connectivity index (χ0) is 16.1. The first-order chi connectivity index (χ1) is 11.2. The van der Waals surface area contributed by atoms with Crippen LogP contribution in [-0.4, -0.2) is 5.91 Å². The van der Waals surface area contributed by atoms with E-state index in [2.05, 4.69) is 5.32 Å². The van der Waals surface area contributed by atoms with Crippen molar-refractivity contribution >= 4 is 5.91 Å². The van der Waals surface area contributed by atoms with Gasteiger partial charge in [-0.3, -0.25) is 4.79 Å². The lowest BCUT2D eigenvalue weighted by Crippen LogP contribution is -2.29. The van der Waals surface area contributed by atoms with E-state index in [-0.39, 0.29) is 11.9 Å². The molecule has 2 heteroatoms. The van der Waals surface area contributed by atoms with Gasteiger partial charge < -0.3 is 5.32 Å². The lowest BCUT2D eigenvalue weighted by atomic mass is 9.98. The van der Waals surface area contributed by atoms with Crippen molar-refractivity contribution in [2.75, 3.05) is 0 Å². The summed E-state index contributed by atoms with van der Waals surface area (Å²) < 4.78 is 0. The molecule has 0 aliphatic heterocycles. The molecule has 0 bridgehead atoms. The summed E-state index contributed by atoms with van der Waals surface area (Å²) in [4.78, 5) is 12.6. The minimum absolute atomic E-state index is 0.0635. The summed E-state index contributed by atoms with van der Waals surface area (Å²) in [5.41, 5.74) is 3.90. The smallest absolute Gasteiger partial charge is 0.252 e. The fourth-order valence-electron chi connectivity index (χ4n) is 2.65. The van der Waals surface area contributed by atoms with Gasteiger partial charge in [0.15, 0.2) is 0 Å². The van der Waals surface area contributed by atoms with E-state index in [0.29, 0.717) is 5.56 Å². The van der Waals surface area contributed by atoms with Crippen LogP contribution in [0, 0.1) is 6.92 Å². The molecule has 3 rings (SSSR count). The first-order valence-electron chi connectivity index (χ1n) is 7.71. The number of hydrogen-bond acceptors (Lipinski definition) is 1. The highest BCUT2D eigenvalue weighted by atomic mass is 16.1. The Kier molecular flexibility index (Phi) is 4.53. The van der Waals surface area contributed by atoms with Crippen LogP contribution in [0.4, 0.5) is 0 Å². The number of rotatable bonds is 4. The average Bonchev–Trinajstić information content (AvgIpc) is 2.61. The fraction of sp³-hybridized carbons (Fsp3) is 0.0952. The van der Waals surface area contributed by atoms with Crippen molar-refractivity contribution in [2.45, 2.75) is 13.0 Å². The quantitative estimate of drug-likeness (QED) is 0.754. The van der Waals surface area contributed by atoms with Crippen LogP contribution in [0.1, 0.15) is 33.1 Å². The van der Waals surface area contributed by atoms with Gasteiger partial charge in [0.05, 0.1) is 6.04 Å². The van der Waals surface area contributed by atoms with Crippen LogP contribution in [0.5, 0.6) is 0 Å². The summed E-state index contributed by atoms with van der Waals surface area (Å²) in [5.74, 6) is -0.0635. The van der Waals surface area contributed by atoms with E-state index in [9.17, 15) is 4.79 Å². The molecule has 0 aromatic heterocycles. The predicted octanol–water partition coefficient (Wildman–Crippen LogP) is 4.51. The van der Waals surface area contributed by atoms with Crippen molar-refractivity contribution < 1.29 is 4.79 Å². The normalized spacial score (nSPS) is 10.5. The standard InChI is InChI=1S/C21H19NO/c1-16-9-8-14-19(15-16)21(23)22-20(17-10-4-2-5-11-17)18-12-6-3-7-13-18/h2-15,20H,1H3,(H,22,23). The summed E-state index contributed by atoms with van der Waals surface area (Å²) in [5, 5.41) is 3.15. The van der Waals surface area contributed by atoms with Crippen molar-refractivity contribution in [3.05, 3.63) is 107 Å². The van der Waals surface area contributed by atoms with Crippen LogP contribution in [-0.2, 0) is 0 Å². The van der Waals surface area contributed by atoms with E-state index < -0.39 is 0 Å². The highest BCUT2D eigenvalue weighted by molar-refractivity contribution is 5.94. The van der Waals surface area contributed by atoms with Crippen molar-refractivity contribution in [3.63, 3.8) is 0 Å². The molecule has 1 N–H and O–H groups in total. The van der Waals surface area contributed by atoms with Crippen molar-refractivity contribution in [1.29, 1.82) is 0 Å². The molecule has 2 nitrogen and oxygen atoms in total. The van der Waals surface area contributed by atoms with Crippen LogP contribution < -0.4 is 5.32 Å². The second-order valence-corrected chi connectivity index (χ2v) is 5.60. The van der Waals surface area contributed by atoms with Gasteiger partial charge in [0.25, 0.3) is 5.91 Å². The van der Waals surface area contributed by atoms with E-state index in [1.807, 2.05) is 91.9 Å². The topological polar surface area (TPSA) is 29.1 Å². The Labute approximate surface area is 136 Å². The third-order valence-corrected chi connectivity index (χ3v) is 3.82. The molecular weight excluding hydrogens is 282 g/mol. The number of amides is 1. The SMILES string of the molecule is Cc1cccc(C(=O)NC(c2ccccc2)c2ccccc2)c1. The van der Waals surface area contributed by atoms with E-state index in [4.69, 9.17) is 0 Å². The lowest BCUT2D eigenvalue weighted by molar-refractivity contribution is 0.0943. The highest BCUT2D eigenvalue weighted by Gasteiger charge is 2.17. The molecule has 3 aromatic carbocycles. The third-order valence-electron chi connectivity index (χ3n) is 3.82. The van der Waals surface area contributed by atoms with E-state index in [1.54, 1.807) is 0 Å². The second kappa shape index (κ2) is 6.93. The number of nitrogens with one attached hydrogen (secondary N) is 1. The Balaban J connectivity index is 1.92. The number of benzene rings is 3. The maximum Gasteiger partial charge on any atom is 0.252 e. The molecule has 114 valence electrons. The molecule has 0 radical (unpaired) electrons. The van der Waals surface area contributed by atoms with Gasteiger partial charge in [-0.15, -0.1) is 0 Å². The van der Waals surface area contributed by atoms with Gasteiger partial charge in [-0.05, 0) is 30.2 Å². The minimum Gasteiger partial charge on any atom is -0.341 e. The van der Waals surface area contributed by atoms with Crippen molar-refractivity contribution in [3.8, 4) is 0 Å². The summed E-state index contributed by atoms with van der Waals surface area (Å²) in [6.07, 6.45) is 0. The Bertz CT molecular complexity index is 742. The first-order valence-corrected chi connectivity index (χ1v) is 7.71. The summed E-state index contributed by atoms with van der Waals surface area (Å²) in [6.45, 7) is 1.99. The monoisotopic (exact) mass is 301 g/mol. The molecule has 0 saturated carbocycles. The molecule has 0 aliphatic rings. The van der Waals surface area contributed by atoms with Gasteiger partial charge in [-0.1, -0.05) is 78.4 Å². The molecule has 1 amide bonds. The minimum atomic E-state index is -0.162. The molecule has 23 heavy (non-hydrogen) atoms. The molecule has 0 aliphatic carbocycles. The van der Waals surface area contributed by atoms with Gasteiger partial charge in [0.1, 0.15) is 0 Å². The highest BCUT2D eigenvalue weighted by Crippen LogP contribution is 2.22. The fourth-order valence-corrected chi connectivity index (χ4v) is 2.65. The molecule has 3 aromatic rings. The Morgan fingerprint density at radius 3 is 1.87 bits per heavy atom. The number of carbonyl (C=O) groups is 1. The van der Waals surface area contributed by atoms with E-state index in [1.165, 1.54) is 0 Å². The molecule has 0 heterocycles. The molecule has 0 atom stereocenters. The number of carbonyl (C=O) groups excluding carboxylic acids is 1. The maximum atomic E-state index is 12.6. The number of hydrogen-bond donors (Lipinski definition) is 1. The zero-order valence-electron chi connectivity index (χ0n) is 13.1. The largest absolute Gasteiger partial charge is 0.341 e. The van der Waals surface area contributed by atoms with Crippen molar-refractivity contribution in [1.82, 2.24) is 5.32 Å². The molecule has 0 fully saturated rings. The van der Waals surface area contributed by atoms with Crippen molar-refractivity contribution in [2.24, 2.45) is 0 Å². The predicted molar refractivity (Wildman–Crippen MR) is 93.4 cm³/mol. The van der Waals surface area contributed by atoms with Crippen LogP contribution in [0.25, 0.3) is 0 Å². The average molecular weight is 301 g/mol. The Morgan fingerprint density at radius 2 is 1.35 bits per heavy atom. The molecule has 0 saturated heterocycles. The van der Waals surface area contributed by atoms with Crippen LogP contribution in [0.15, 0.2) is 84.9 Å². The van der Waals surface area contributed by atoms with Gasteiger partial charge in [0, 0.05) is 5.56 Å². The second-order valence-electron chi connectivity index (χ2n) is 5.60. The molecular formula is C21H19NO. The first kappa shape index (κ1) is 15.0. The number of aryl methyl sites for hydroxylation is 1. The van der Waals surface area contributed by atoms with Gasteiger partial charge >= 0.3 is 0 Å². The summed E-state index contributed by atoms with van der Waals surface area (Å²) in [6, 6.07) is 27.5. The summed E-state index contributed by atoms with van der Waals surface area (Å²) in [7, 11) is 0. The van der Waals surface area contributed by atoms with E-state index >= 15 is 0 Å². The maximum absolute atomic E-state index is 12.6. The van der Waals surface area contributed by atoms with Gasteiger partial charge in [-0.25, -0.2) is 0 Å². The van der Waals surface area contributed by atoms with Gasteiger partial charge in [0.2, 0.25) is 0 Å². The van der Waals surface area contributed by atoms with Gasteiger partial charge in [-0.2, -0.15) is 0 Å². The Morgan fingerprint density at radius 1 is 0.783 bits per heavy atom.